The van der Waals surface area contributed by atoms with Gasteiger partial charge in [0.05, 0.1) is 5.92 Å². The molecule has 0 saturated heterocycles. The quantitative estimate of drug-likeness (QED) is 0.160. The van der Waals surface area contributed by atoms with Gasteiger partial charge in [0.15, 0.2) is 0 Å². The molecule has 35 heavy (non-hydrogen) atoms. The van der Waals surface area contributed by atoms with Gasteiger partial charge in [-0.1, -0.05) is 82.5 Å². The van der Waals surface area contributed by atoms with Crippen molar-refractivity contribution in [3.8, 4) is 29.4 Å². The van der Waals surface area contributed by atoms with Crippen LogP contribution in [0.4, 0.5) is 0 Å². The van der Waals surface area contributed by atoms with Crippen molar-refractivity contribution in [3.05, 3.63) is 65.2 Å². The third kappa shape index (κ3) is 9.66. The second kappa shape index (κ2) is 15.1. The van der Waals surface area contributed by atoms with E-state index < -0.39 is 0 Å². The zero-order chi connectivity index (χ0) is 24.7. The topological polar surface area (TPSA) is 26.3 Å². The second-order valence-corrected chi connectivity index (χ2v) is 9.70. The van der Waals surface area contributed by atoms with Gasteiger partial charge in [0.2, 0.25) is 0 Å². The summed E-state index contributed by atoms with van der Waals surface area (Å²) < 4.78 is 5.69. The number of unbranched alkanes of at least 4 members (excludes halogenated alkanes) is 5. The van der Waals surface area contributed by atoms with Crippen molar-refractivity contribution in [1.82, 2.24) is 0 Å². The number of ether oxygens (including phenoxy) is 1. The van der Waals surface area contributed by atoms with Crippen LogP contribution in [-0.2, 0) is 4.79 Å². The Morgan fingerprint density at radius 3 is 1.89 bits per heavy atom. The Bertz CT molecular complexity index is 1020. The molecule has 1 fully saturated rings. The van der Waals surface area contributed by atoms with Crippen molar-refractivity contribution in [1.29, 1.82) is 0 Å². The molecule has 0 unspecified atom stereocenters. The fourth-order valence-electron chi connectivity index (χ4n) is 4.68. The molecule has 0 radical (unpaired) electrons. The van der Waals surface area contributed by atoms with Gasteiger partial charge >= 0.3 is 5.97 Å². The van der Waals surface area contributed by atoms with Gasteiger partial charge in [-0.3, -0.25) is 4.79 Å². The van der Waals surface area contributed by atoms with Gasteiger partial charge in [-0.25, -0.2) is 0 Å². The zero-order valence-corrected chi connectivity index (χ0v) is 21.6. The lowest BCUT2D eigenvalue weighted by Crippen LogP contribution is -2.25. The Balaban J connectivity index is 1.40. The van der Waals surface area contributed by atoms with E-state index in [0.29, 0.717) is 5.75 Å². The molecule has 0 spiro atoms. The monoisotopic (exact) mass is 468 g/mol. The third-order valence-corrected chi connectivity index (χ3v) is 6.86. The largest absolute Gasteiger partial charge is 0.426 e. The molecule has 1 saturated carbocycles. The number of hydrogen-bond donors (Lipinski definition) is 0. The van der Waals surface area contributed by atoms with Gasteiger partial charge in [0, 0.05) is 23.1 Å². The van der Waals surface area contributed by atoms with Crippen LogP contribution in [-0.4, -0.2) is 5.97 Å². The maximum Gasteiger partial charge on any atom is 0.314 e. The Morgan fingerprint density at radius 2 is 1.29 bits per heavy atom. The second-order valence-electron chi connectivity index (χ2n) is 9.70. The van der Waals surface area contributed by atoms with Gasteiger partial charge in [-0.05, 0) is 80.1 Å². The highest BCUT2D eigenvalue weighted by Crippen LogP contribution is 2.33. The summed E-state index contributed by atoms with van der Waals surface area (Å²) in [6.07, 6.45) is 14.6. The van der Waals surface area contributed by atoms with Crippen LogP contribution in [0.3, 0.4) is 0 Å². The minimum Gasteiger partial charge on any atom is -0.426 e. The fourth-order valence-corrected chi connectivity index (χ4v) is 4.68. The first-order chi connectivity index (χ1) is 17.2. The average molecular weight is 469 g/mol. The number of carbonyl (C=O) groups is 1. The van der Waals surface area contributed by atoms with E-state index in [1.165, 1.54) is 44.9 Å². The van der Waals surface area contributed by atoms with Crippen molar-refractivity contribution in [3.63, 3.8) is 0 Å². The van der Waals surface area contributed by atoms with Crippen LogP contribution in [0.1, 0.15) is 108 Å². The van der Waals surface area contributed by atoms with Crippen LogP contribution in [0.25, 0.3) is 0 Å². The molecular weight excluding hydrogens is 428 g/mol. The minimum absolute atomic E-state index is 0.0419. The molecule has 2 nitrogen and oxygen atoms in total. The number of hydrogen-bond acceptors (Lipinski definition) is 2. The summed E-state index contributed by atoms with van der Waals surface area (Å²) in [6, 6.07) is 15.5. The highest BCUT2D eigenvalue weighted by molar-refractivity contribution is 5.75. The van der Waals surface area contributed by atoms with Gasteiger partial charge in [-0.15, -0.1) is 0 Å². The lowest BCUT2D eigenvalue weighted by atomic mass is 9.80. The van der Waals surface area contributed by atoms with Gasteiger partial charge in [0.1, 0.15) is 5.75 Å². The van der Waals surface area contributed by atoms with Crippen LogP contribution >= 0.6 is 0 Å². The van der Waals surface area contributed by atoms with Gasteiger partial charge in [0.25, 0.3) is 0 Å². The predicted molar refractivity (Wildman–Crippen MR) is 145 cm³/mol. The first-order valence-electron chi connectivity index (χ1n) is 13.6. The first-order valence-corrected chi connectivity index (χ1v) is 13.6. The van der Waals surface area contributed by atoms with E-state index in [9.17, 15) is 4.79 Å². The lowest BCUT2D eigenvalue weighted by molar-refractivity contribution is -0.140. The molecular formula is C33H40O2. The van der Waals surface area contributed by atoms with E-state index in [4.69, 9.17) is 4.74 Å². The zero-order valence-electron chi connectivity index (χ0n) is 21.6. The highest BCUT2D eigenvalue weighted by Gasteiger charge is 2.27. The normalized spacial score (nSPS) is 17.0. The Labute approximate surface area is 212 Å². The molecule has 2 aromatic carbocycles. The Kier molecular flexibility index (Phi) is 11.5. The summed E-state index contributed by atoms with van der Waals surface area (Å²) in [4.78, 5) is 12.7. The minimum atomic E-state index is -0.0758. The number of esters is 1. The standard InChI is InChI=1S/C33H40O2/c1-3-5-7-8-9-10-12-28-19-23-31(24-20-28)33(34)35-32-25-21-30(22-26-32)18-17-29-15-13-27(14-16-29)11-6-4-2/h13-16,21-22,25-26,28,31H,3-5,7-10,12,19-20,23-24H2,1-2H3/t28-,31-. The van der Waals surface area contributed by atoms with Crippen LogP contribution in [0.2, 0.25) is 0 Å². The average Bonchev–Trinajstić information content (AvgIpc) is 2.90. The van der Waals surface area contributed by atoms with E-state index in [1.54, 1.807) is 0 Å². The lowest BCUT2D eigenvalue weighted by Gasteiger charge is -2.27. The SMILES string of the molecule is CCC#Cc1ccc(C#Cc2ccc(OC(=O)[C@H]3CC[C@H](CCCCCCCC)CC3)cc2)cc1. The molecule has 1 aliphatic carbocycles. The van der Waals surface area contributed by atoms with Crippen LogP contribution in [0.15, 0.2) is 48.5 Å². The molecule has 1 aliphatic rings. The molecule has 0 amide bonds. The van der Waals surface area contributed by atoms with Crippen molar-refractivity contribution in [2.45, 2.75) is 90.9 Å². The van der Waals surface area contributed by atoms with E-state index in [0.717, 1.165) is 54.7 Å². The molecule has 2 heteroatoms. The maximum atomic E-state index is 12.7. The molecule has 0 N–H and O–H groups in total. The van der Waals surface area contributed by atoms with Crippen molar-refractivity contribution < 1.29 is 9.53 Å². The van der Waals surface area contributed by atoms with E-state index in [2.05, 4.69) is 30.6 Å². The van der Waals surface area contributed by atoms with Gasteiger partial charge in [-0.2, -0.15) is 0 Å². The molecule has 0 bridgehead atoms. The first kappa shape index (κ1) is 26.6. The van der Waals surface area contributed by atoms with Crippen molar-refractivity contribution >= 4 is 5.97 Å². The molecule has 0 heterocycles. The molecule has 0 atom stereocenters. The highest BCUT2D eigenvalue weighted by atomic mass is 16.5. The maximum absolute atomic E-state index is 12.7. The molecule has 2 aromatic rings. The number of rotatable bonds is 9. The summed E-state index contributed by atoms with van der Waals surface area (Å²) >= 11 is 0. The predicted octanol–water partition coefficient (Wildman–Crippen LogP) is 8.31. The van der Waals surface area contributed by atoms with Gasteiger partial charge < -0.3 is 4.74 Å². The Hall–Kier alpha value is -2.97. The Morgan fingerprint density at radius 1 is 0.743 bits per heavy atom. The molecule has 0 aromatic heterocycles. The van der Waals surface area contributed by atoms with Crippen molar-refractivity contribution in [2.75, 3.05) is 0 Å². The third-order valence-electron chi connectivity index (χ3n) is 6.86. The molecule has 3 rings (SSSR count). The van der Waals surface area contributed by atoms with Crippen molar-refractivity contribution in [2.24, 2.45) is 11.8 Å². The molecule has 0 aliphatic heterocycles. The van der Waals surface area contributed by atoms with Crippen LogP contribution in [0, 0.1) is 35.5 Å². The number of carbonyl (C=O) groups excluding carboxylic acids is 1. The van der Waals surface area contributed by atoms with E-state index >= 15 is 0 Å². The fraction of sp³-hybridized carbons (Fsp3) is 0.485. The van der Waals surface area contributed by atoms with Crippen LogP contribution in [0.5, 0.6) is 5.75 Å². The summed E-state index contributed by atoms with van der Waals surface area (Å²) in [7, 11) is 0. The van der Waals surface area contributed by atoms with E-state index in [-0.39, 0.29) is 11.9 Å². The molecule has 184 valence electrons. The van der Waals surface area contributed by atoms with Crippen LogP contribution < -0.4 is 4.74 Å². The summed E-state index contributed by atoms with van der Waals surface area (Å²) in [5.41, 5.74) is 2.86. The van der Waals surface area contributed by atoms with E-state index in [1.807, 2.05) is 55.5 Å². The number of benzene rings is 2. The summed E-state index contributed by atoms with van der Waals surface area (Å²) in [6.45, 7) is 4.31. The summed E-state index contributed by atoms with van der Waals surface area (Å²) in [5.74, 6) is 13.9. The smallest absolute Gasteiger partial charge is 0.314 e. The summed E-state index contributed by atoms with van der Waals surface area (Å²) in [5, 5.41) is 0.